The first-order valence-electron chi connectivity index (χ1n) is 7.69. The molecule has 1 fully saturated rings. The zero-order chi connectivity index (χ0) is 17.8. The van der Waals surface area contributed by atoms with E-state index < -0.39 is 9.84 Å². The normalized spacial score (nSPS) is 16.5. The number of aliphatic imine (C=N–C) groups is 1. The monoisotopic (exact) mass is 355 g/mol. The number of methoxy groups -OCH3 is 2. The fraction of sp³-hybridized carbons (Fsp3) is 0.562. The van der Waals surface area contributed by atoms with Crippen LogP contribution in [0.15, 0.2) is 23.2 Å². The van der Waals surface area contributed by atoms with Gasteiger partial charge in [-0.2, -0.15) is 0 Å². The Kier molecular flexibility index (Phi) is 5.58. The van der Waals surface area contributed by atoms with Gasteiger partial charge in [-0.15, -0.1) is 0 Å². The second-order valence-corrected chi connectivity index (χ2v) is 8.45. The third kappa shape index (κ3) is 5.30. The molecule has 0 atom stereocenters. The molecule has 1 saturated carbocycles. The maximum Gasteiger partial charge on any atom is 0.188 e. The van der Waals surface area contributed by atoms with E-state index in [1.165, 1.54) is 6.26 Å². The summed E-state index contributed by atoms with van der Waals surface area (Å²) in [5, 5.41) is 3.04. The maximum atomic E-state index is 11.4. The number of rotatable bonds is 8. The van der Waals surface area contributed by atoms with E-state index in [1.54, 1.807) is 14.2 Å². The molecule has 1 aliphatic rings. The molecule has 0 radical (unpaired) electrons. The molecule has 0 unspecified atom stereocenters. The topological polar surface area (TPSA) is 103 Å². The summed E-state index contributed by atoms with van der Waals surface area (Å²) < 4.78 is 33.3. The minimum atomic E-state index is -2.98. The SMILES string of the molecule is COc1ccc(CN=C(N)NCC2(CS(C)(=O)=O)CC2)cc1OC. The third-order valence-corrected chi connectivity index (χ3v) is 5.19. The van der Waals surface area contributed by atoms with Crippen LogP contribution in [0.1, 0.15) is 18.4 Å². The van der Waals surface area contributed by atoms with Crippen LogP contribution in [0.2, 0.25) is 0 Å². The molecule has 3 N–H and O–H groups in total. The van der Waals surface area contributed by atoms with Crippen LogP contribution >= 0.6 is 0 Å². The first-order valence-corrected chi connectivity index (χ1v) is 9.75. The van der Waals surface area contributed by atoms with E-state index in [-0.39, 0.29) is 11.2 Å². The van der Waals surface area contributed by atoms with E-state index in [4.69, 9.17) is 15.2 Å². The lowest BCUT2D eigenvalue weighted by molar-refractivity contribution is 0.354. The van der Waals surface area contributed by atoms with Crippen molar-refractivity contribution in [1.82, 2.24) is 5.32 Å². The maximum absolute atomic E-state index is 11.4. The Morgan fingerprint density at radius 1 is 1.29 bits per heavy atom. The molecule has 0 saturated heterocycles. The number of sulfone groups is 1. The van der Waals surface area contributed by atoms with Crippen molar-refractivity contribution < 1.29 is 17.9 Å². The van der Waals surface area contributed by atoms with Gasteiger partial charge in [0.1, 0.15) is 9.84 Å². The molecule has 0 aliphatic heterocycles. The fourth-order valence-electron chi connectivity index (χ4n) is 2.59. The van der Waals surface area contributed by atoms with Gasteiger partial charge in [-0.25, -0.2) is 13.4 Å². The van der Waals surface area contributed by atoms with Crippen LogP contribution in [0.4, 0.5) is 0 Å². The average molecular weight is 355 g/mol. The molecular formula is C16H25N3O4S. The van der Waals surface area contributed by atoms with Crippen LogP contribution in [0.3, 0.4) is 0 Å². The van der Waals surface area contributed by atoms with E-state index in [0.29, 0.717) is 30.5 Å². The lowest BCUT2D eigenvalue weighted by Crippen LogP contribution is -2.38. The van der Waals surface area contributed by atoms with Crippen molar-refractivity contribution in [2.75, 3.05) is 32.8 Å². The molecule has 1 aromatic rings. The van der Waals surface area contributed by atoms with Gasteiger partial charge in [0, 0.05) is 18.2 Å². The molecule has 2 rings (SSSR count). The summed E-state index contributed by atoms with van der Waals surface area (Å²) in [6.07, 6.45) is 3.06. The highest BCUT2D eigenvalue weighted by molar-refractivity contribution is 7.90. The van der Waals surface area contributed by atoms with Crippen LogP contribution < -0.4 is 20.5 Å². The number of hydrogen-bond donors (Lipinski definition) is 2. The quantitative estimate of drug-likeness (QED) is 0.531. The van der Waals surface area contributed by atoms with Gasteiger partial charge in [0.25, 0.3) is 0 Å². The Hall–Kier alpha value is -1.96. The van der Waals surface area contributed by atoms with Gasteiger partial charge in [-0.1, -0.05) is 6.07 Å². The standard InChI is InChI=1S/C16H25N3O4S/c1-22-13-5-4-12(8-14(13)23-2)9-18-15(17)19-10-16(6-7-16)11-24(3,20)21/h4-5,8H,6-7,9-11H2,1-3H3,(H3,17,18,19). The highest BCUT2D eigenvalue weighted by Crippen LogP contribution is 2.45. The van der Waals surface area contributed by atoms with Gasteiger partial charge in [-0.05, 0) is 30.5 Å². The van der Waals surface area contributed by atoms with Crippen molar-refractivity contribution in [3.05, 3.63) is 23.8 Å². The summed E-state index contributed by atoms with van der Waals surface area (Å²) in [5.41, 5.74) is 6.64. The molecule has 0 aromatic heterocycles. The molecule has 0 amide bonds. The molecule has 7 nitrogen and oxygen atoms in total. The molecule has 8 heteroatoms. The van der Waals surface area contributed by atoms with E-state index in [1.807, 2.05) is 18.2 Å². The van der Waals surface area contributed by atoms with Crippen molar-refractivity contribution in [1.29, 1.82) is 0 Å². The van der Waals surface area contributed by atoms with Crippen LogP contribution in [0.25, 0.3) is 0 Å². The number of hydrogen-bond acceptors (Lipinski definition) is 5. The highest BCUT2D eigenvalue weighted by Gasteiger charge is 2.45. The molecule has 0 heterocycles. The number of nitrogens with two attached hydrogens (primary N) is 1. The Morgan fingerprint density at radius 2 is 1.96 bits per heavy atom. The van der Waals surface area contributed by atoms with Gasteiger partial charge in [0.05, 0.1) is 26.5 Å². The Balaban J connectivity index is 1.90. The predicted molar refractivity (Wildman–Crippen MR) is 94.3 cm³/mol. The number of nitrogens with zero attached hydrogens (tertiary/aromatic N) is 1. The van der Waals surface area contributed by atoms with E-state index >= 15 is 0 Å². The number of nitrogens with one attached hydrogen (secondary N) is 1. The van der Waals surface area contributed by atoms with Crippen molar-refractivity contribution in [2.45, 2.75) is 19.4 Å². The largest absolute Gasteiger partial charge is 0.493 e. The summed E-state index contributed by atoms with van der Waals surface area (Å²) in [6.45, 7) is 0.930. The third-order valence-electron chi connectivity index (χ3n) is 4.05. The van der Waals surface area contributed by atoms with Crippen molar-refractivity contribution in [3.8, 4) is 11.5 Å². The zero-order valence-corrected chi connectivity index (χ0v) is 15.1. The smallest absolute Gasteiger partial charge is 0.188 e. The van der Waals surface area contributed by atoms with E-state index in [9.17, 15) is 8.42 Å². The summed E-state index contributed by atoms with van der Waals surface area (Å²) >= 11 is 0. The van der Waals surface area contributed by atoms with Gasteiger partial charge in [-0.3, -0.25) is 0 Å². The lowest BCUT2D eigenvalue weighted by atomic mass is 10.1. The van der Waals surface area contributed by atoms with Crippen LogP contribution in [0, 0.1) is 5.41 Å². The minimum absolute atomic E-state index is 0.183. The summed E-state index contributed by atoms with van der Waals surface area (Å²) in [4.78, 5) is 4.29. The molecule has 24 heavy (non-hydrogen) atoms. The Morgan fingerprint density at radius 3 is 2.50 bits per heavy atom. The zero-order valence-electron chi connectivity index (χ0n) is 14.3. The molecule has 1 aromatic carbocycles. The van der Waals surface area contributed by atoms with Gasteiger partial charge >= 0.3 is 0 Å². The first-order chi connectivity index (χ1) is 11.3. The summed E-state index contributed by atoms with van der Waals surface area (Å²) in [5.74, 6) is 1.80. The van der Waals surface area contributed by atoms with Gasteiger partial charge in [0.15, 0.2) is 17.5 Å². The van der Waals surface area contributed by atoms with Gasteiger partial charge in [0.2, 0.25) is 0 Å². The molecule has 134 valence electrons. The van der Waals surface area contributed by atoms with Crippen molar-refractivity contribution >= 4 is 15.8 Å². The van der Waals surface area contributed by atoms with Gasteiger partial charge < -0.3 is 20.5 Å². The van der Waals surface area contributed by atoms with E-state index in [2.05, 4.69) is 10.3 Å². The van der Waals surface area contributed by atoms with E-state index in [0.717, 1.165) is 18.4 Å². The van der Waals surface area contributed by atoms with Crippen LogP contribution in [0.5, 0.6) is 11.5 Å². The van der Waals surface area contributed by atoms with Crippen LogP contribution in [-0.4, -0.2) is 47.2 Å². The second kappa shape index (κ2) is 7.29. The highest BCUT2D eigenvalue weighted by atomic mass is 32.2. The molecule has 0 spiro atoms. The fourth-order valence-corrected chi connectivity index (χ4v) is 4.10. The minimum Gasteiger partial charge on any atom is -0.493 e. The average Bonchev–Trinajstić information content (AvgIpc) is 3.28. The first kappa shape index (κ1) is 18.4. The number of benzene rings is 1. The number of ether oxygens (including phenoxy) is 2. The predicted octanol–water partition coefficient (Wildman–Crippen LogP) is 0.933. The summed E-state index contributed by atoms with van der Waals surface area (Å²) in [6, 6.07) is 5.56. The number of guanidine groups is 1. The Labute approximate surface area is 143 Å². The van der Waals surface area contributed by atoms with Crippen LogP contribution in [-0.2, 0) is 16.4 Å². The summed E-state index contributed by atoms with van der Waals surface area (Å²) in [7, 11) is 0.183. The molecule has 0 bridgehead atoms. The van der Waals surface area contributed by atoms with Crippen molar-refractivity contribution in [2.24, 2.45) is 16.1 Å². The lowest BCUT2D eigenvalue weighted by Gasteiger charge is -2.15. The second-order valence-electron chi connectivity index (χ2n) is 6.31. The molecule has 1 aliphatic carbocycles. The van der Waals surface area contributed by atoms with Crippen molar-refractivity contribution in [3.63, 3.8) is 0 Å². The molecular weight excluding hydrogens is 330 g/mol. The Bertz CT molecular complexity index is 712.